The molecule has 24 heavy (non-hydrogen) atoms. The van der Waals surface area contributed by atoms with Gasteiger partial charge in [0.1, 0.15) is 34.2 Å². The molecule has 4 rings (SSSR count). The van der Waals surface area contributed by atoms with Gasteiger partial charge in [-0.2, -0.15) is 0 Å². The Hall–Kier alpha value is -2.54. The largest absolute Gasteiger partial charge is 0.440 e. The number of nitrogens with zero attached hydrogens (tertiary/aromatic N) is 4. The zero-order valence-corrected chi connectivity index (χ0v) is 14.3. The second kappa shape index (κ2) is 6.16. The molecule has 0 radical (unpaired) electrons. The van der Waals surface area contributed by atoms with Crippen LogP contribution in [0.2, 0.25) is 0 Å². The van der Waals surface area contributed by atoms with Crippen molar-refractivity contribution < 1.29 is 9.25 Å². The molecule has 0 fully saturated rings. The second-order valence-electron chi connectivity index (χ2n) is 5.54. The van der Waals surface area contributed by atoms with Crippen LogP contribution >= 0.6 is 11.3 Å². The number of rotatable bonds is 3. The van der Waals surface area contributed by atoms with Crippen LogP contribution in [-0.4, -0.2) is 27.8 Å². The number of oxazole rings is 1. The Morgan fingerprint density at radius 1 is 1.29 bits per heavy atom. The number of thiazole rings is 1. The molecule has 0 amide bonds. The minimum atomic E-state index is 0.607. The van der Waals surface area contributed by atoms with Crippen molar-refractivity contribution >= 4 is 17.0 Å². The van der Waals surface area contributed by atoms with Crippen LogP contribution in [0.1, 0.15) is 30.0 Å². The van der Waals surface area contributed by atoms with E-state index >= 15 is 0 Å². The van der Waals surface area contributed by atoms with E-state index in [0.29, 0.717) is 5.89 Å². The molecule has 3 aromatic heterocycles. The Balaban J connectivity index is 1.75. The number of fused-ring (bicyclic) bond motifs is 1. The lowest BCUT2D eigenvalue weighted by Gasteiger charge is -2.09. The topological polar surface area (TPSA) is 73.4 Å². The molecule has 0 aromatic carbocycles. The number of pyridine rings is 1. The summed E-state index contributed by atoms with van der Waals surface area (Å²) in [6.07, 6.45) is 6.29. The maximum Gasteiger partial charge on any atom is 0.239 e. The molecular formula is C17H16N4O2S. The summed E-state index contributed by atoms with van der Waals surface area (Å²) in [5, 5.41) is 5.00. The molecule has 1 aliphatic rings. The van der Waals surface area contributed by atoms with Crippen molar-refractivity contribution in [2.75, 3.05) is 7.11 Å². The highest BCUT2D eigenvalue weighted by Gasteiger charge is 2.25. The van der Waals surface area contributed by atoms with E-state index < -0.39 is 0 Å². The van der Waals surface area contributed by atoms with Crippen LogP contribution in [0.4, 0.5) is 0 Å². The minimum absolute atomic E-state index is 0.607. The zero-order valence-electron chi connectivity index (χ0n) is 13.4. The minimum Gasteiger partial charge on any atom is -0.440 e. The number of aryl methyl sites for hydroxylation is 2. The van der Waals surface area contributed by atoms with Crippen LogP contribution in [0, 0.1) is 6.92 Å². The molecule has 3 aromatic rings. The Kier molecular flexibility index (Phi) is 3.86. The Morgan fingerprint density at radius 2 is 2.21 bits per heavy atom. The molecule has 1 aliphatic carbocycles. The van der Waals surface area contributed by atoms with Crippen LogP contribution in [0.5, 0.6) is 0 Å². The third kappa shape index (κ3) is 2.60. The van der Waals surface area contributed by atoms with Crippen molar-refractivity contribution in [3.05, 3.63) is 41.7 Å². The van der Waals surface area contributed by atoms with Crippen LogP contribution in [-0.2, 0) is 11.3 Å². The first-order chi connectivity index (χ1) is 11.8. The van der Waals surface area contributed by atoms with Gasteiger partial charge in [0, 0.05) is 24.4 Å². The van der Waals surface area contributed by atoms with E-state index in [0.717, 1.165) is 57.6 Å². The normalized spacial score (nSPS) is 15.5. The molecule has 0 saturated carbocycles. The Bertz CT molecular complexity index is 899. The number of oxime groups is 1. The number of aromatic nitrogens is 3. The first-order valence-corrected chi connectivity index (χ1v) is 8.56. The predicted molar refractivity (Wildman–Crippen MR) is 92.1 cm³/mol. The number of hydrogen-bond donors (Lipinski definition) is 0. The van der Waals surface area contributed by atoms with Gasteiger partial charge in [-0.15, -0.1) is 11.3 Å². The monoisotopic (exact) mass is 340 g/mol. The summed E-state index contributed by atoms with van der Waals surface area (Å²) in [5.41, 5.74) is 3.56. The molecule has 0 atom stereocenters. The molecule has 122 valence electrons. The third-order valence-electron chi connectivity index (χ3n) is 3.89. The first kappa shape index (κ1) is 15.0. The van der Waals surface area contributed by atoms with E-state index in [1.165, 1.54) is 0 Å². The molecule has 0 spiro atoms. The van der Waals surface area contributed by atoms with Crippen LogP contribution in [0.3, 0.4) is 0 Å². The fourth-order valence-electron chi connectivity index (χ4n) is 2.79. The standard InChI is InChI=1S/C17H16N4O2S/c1-10-15(24-17(19-10)11-5-4-8-18-9-11)16-20-14-12(21-22-2)6-3-7-13(14)23-16/h4-5,8-9H,3,6-7H2,1-2H3. The second-order valence-corrected chi connectivity index (χ2v) is 6.54. The van der Waals surface area contributed by atoms with Crippen LogP contribution < -0.4 is 0 Å². The average molecular weight is 340 g/mol. The molecule has 6 nitrogen and oxygen atoms in total. The summed E-state index contributed by atoms with van der Waals surface area (Å²) in [6, 6.07) is 3.90. The Morgan fingerprint density at radius 3 is 3.00 bits per heavy atom. The van der Waals surface area contributed by atoms with Gasteiger partial charge in [0.2, 0.25) is 5.89 Å². The van der Waals surface area contributed by atoms with Crippen molar-refractivity contribution in [2.45, 2.75) is 26.2 Å². The number of hydrogen-bond acceptors (Lipinski definition) is 7. The molecule has 0 saturated heterocycles. The molecular weight excluding hydrogens is 324 g/mol. The molecule has 7 heteroatoms. The van der Waals surface area contributed by atoms with Gasteiger partial charge in [-0.05, 0) is 31.9 Å². The van der Waals surface area contributed by atoms with Gasteiger partial charge in [0.05, 0.1) is 5.69 Å². The molecule has 0 bridgehead atoms. The van der Waals surface area contributed by atoms with Crippen LogP contribution in [0.15, 0.2) is 34.1 Å². The van der Waals surface area contributed by atoms with Crippen molar-refractivity contribution in [2.24, 2.45) is 5.16 Å². The maximum atomic E-state index is 6.01. The smallest absolute Gasteiger partial charge is 0.239 e. The van der Waals surface area contributed by atoms with Gasteiger partial charge in [-0.3, -0.25) is 4.98 Å². The molecule has 3 heterocycles. The lowest BCUT2D eigenvalue weighted by atomic mass is 10.0. The summed E-state index contributed by atoms with van der Waals surface area (Å²) in [4.78, 5) is 19.3. The average Bonchev–Trinajstić information content (AvgIpc) is 3.20. The maximum absolute atomic E-state index is 6.01. The van der Waals surface area contributed by atoms with Gasteiger partial charge in [0.15, 0.2) is 0 Å². The van der Waals surface area contributed by atoms with Gasteiger partial charge in [-0.25, -0.2) is 9.97 Å². The van der Waals surface area contributed by atoms with Crippen molar-refractivity contribution in [3.8, 4) is 21.3 Å². The highest BCUT2D eigenvalue weighted by molar-refractivity contribution is 7.18. The lowest BCUT2D eigenvalue weighted by Crippen LogP contribution is -2.11. The third-order valence-corrected chi connectivity index (χ3v) is 5.08. The summed E-state index contributed by atoms with van der Waals surface area (Å²) in [7, 11) is 1.55. The van der Waals surface area contributed by atoms with Gasteiger partial charge in [0.25, 0.3) is 0 Å². The summed E-state index contributed by atoms with van der Waals surface area (Å²) in [5.74, 6) is 1.48. The highest BCUT2D eigenvalue weighted by atomic mass is 32.1. The van der Waals surface area contributed by atoms with Crippen molar-refractivity contribution in [3.63, 3.8) is 0 Å². The molecule has 0 unspecified atom stereocenters. The van der Waals surface area contributed by atoms with Crippen molar-refractivity contribution in [1.82, 2.24) is 15.0 Å². The molecule has 0 aliphatic heterocycles. The van der Waals surface area contributed by atoms with Gasteiger partial charge >= 0.3 is 0 Å². The summed E-state index contributed by atoms with van der Waals surface area (Å²) >= 11 is 1.57. The van der Waals surface area contributed by atoms with Gasteiger partial charge in [-0.1, -0.05) is 5.16 Å². The zero-order chi connectivity index (χ0) is 16.5. The fourth-order valence-corrected chi connectivity index (χ4v) is 3.77. The van der Waals surface area contributed by atoms with E-state index in [4.69, 9.17) is 9.25 Å². The SMILES string of the molecule is CON=C1CCCc2oc(-c3sc(-c4cccnc4)nc3C)nc21. The van der Waals surface area contributed by atoms with E-state index in [1.807, 2.05) is 25.3 Å². The van der Waals surface area contributed by atoms with E-state index in [-0.39, 0.29) is 0 Å². The predicted octanol–water partition coefficient (Wildman–Crippen LogP) is 3.86. The first-order valence-electron chi connectivity index (χ1n) is 7.74. The van der Waals surface area contributed by atoms with E-state index in [2.05, 4.69) is 20.1 Å². The summed E-state index contributed by atoms with van der Waals surface area (Å²) < 4.78 is 6.01. The highest BCUT2D eigenvalue weighted by Crippen LogP contribution is 2.36. The van der Waals surface area contributed by atoms with Crippen LogP contribution in [0.25, 0.3) is 21.3 Å². The van der Waals surface area contributed by atoms with Crippen molar-refractivity contribution in [1.29, 1.82) is 0 Å². The summed E-state index contributed by atoms with van der Waals surface area (Å²) in [6.45, 7) is 1.97. The lowest BCUT2D eigenvalue weighted by molar-refractivity contribution is 0.212. The van der Waals surface area contributed by atoms with E-state index in [9.17, 15) is 0 Å². The van der Waals surface area contributed by atoms with Gasteiger partial charge < -0.3 is 9.25 Å². The molecule has 0 N–H and O–H groups in total. The Labute approximate surface area is 143 Å². The van der Waals surface area contributed by atoms with E-state index in [1.54, 1.807) is 24.6 Å². The fraction of sp³-hybridized carbons (Fsp3) is 0.294. The quantitative estimate of drug-likeness (QED) is 0.677.